The Morgan fingerprint density at radius 2 is 2.41 bits per heavy atom. The number of hydrogen-bond acceptors (Lipinski definition) is 6. The monoisotopic (exact) mass is 240 g/mol. The van der Waals surface area contributed by atoms with E-state index in [1.54, 1.807) is 0 Å². The molecule has 17 heavy (non-hydrogen) atoms. The van der Waals surface area contributed by atoms with Crippen LogP contribution in [0.25, 0.3) is 0 Å². The van der Waals surface area contributed by atoms with Crippen LogP contribution in [0.5, 0.6) is 0 Å². The number of morpholine rings is 1. The Hall–Kier alpha value is -0.980. The standard InChI is InChI=1S/C11H20N4O2/c1-3-4-15-5-6-16-9(8-15)11-13-10(7-12-2)17-14-11/h9,12H,3-8H2,1-2H3. The molecule has 0 aliphatic carbocycles. The van der Waals surface area contributed by atoms with Gasteiger partial charge in [0.1, 0.15) is 6.10 Å². The van der Waals surface area contributed by atoms with Gasteiger partial charge in [-0.25, -0.2) is 0 Å². The summed E-state index contributed by atoms with van der Waals surface area (Å²) in [6.07, 6.45) is 1.11. The Bertz CT molecular complexity index is 340. The van der Waals surface area contributed by atoms with Gasteiger partial charge in [-0.1, -0.05) is 12.1 Å². The molecule has 0 saturated carbocycles. The van der Waals surface area contributed by atoms with Gasteiger partial charge < -0.3 is 14.6 Å². The largest absolute Gasteiger partial charge is 0.367 e. The van der Waals surface area contributed by atoms with Crippen molar-refractivity contribution in [2.45, 2.75) is 26.0 Å². The molecule has 1 aromatic heterocycles. The van der Waals surface area contributed by atoms with E-state index in [-0.39, 0.29) is 6.10 Å². The molecule has 1 saturated heterocycles. The maximum Gasteiger partial charge on any atom is 0.240 e. The second-order valence-electron chi connectivity index (χ2n) is 4.24. The first-order chi connectivity index (χ1) is 8.33. The maximum atomic E-state index is 5.68. The number of ether oxygens (including phenoxy) is 1. The molecule has 1 aliphatic rings. The highest BCUT2D eigenvalue weighted by Gasteiger charge is 2.25. The summed E-state index contributed by atoms with van der Waals surface area (Å²) in [4.78, 5) is 6.70. The average molecular weight is 240 g/mol. The predicted octanol–water partition coefficient (Wildman–Crippen LogP) is 0.572. The van der Waals surface area contributed by atoms with E-state index in [2.05, 4.69) is 27.3 Å². The van der Waals surface area contributed by atoms with Crippen molar-refractivity contribution in [1.29, 1.82) is 0 Å². The molecule has 2 rings (SSSR count). The first-order valence-corrected chi connectivity index (χ1v) is 6.14. The van der Waals surface area contributed by atoms with Gasteiger partial charge in [-0.15, -0.1) is 0 Å². The van der Waals surface area contributed by atoms with Crippen LogP contribution in [0, 0.1) is 0 Å². The van der Waals surface area contributed by atoms with Gasteiger partial charge in [0, 0.05) is 13.1 Å². The zero-order valence-electron chi connectivity index (χ0n) is 10.5. The van der Waals surface area contributed by atoms with Gasteiger partial charge in [0.25, 0.3) is 0 Å². The molecule has 0 bridgehead atoms. The van der Waals surface area contributed by atoms with E-state index < -0.39 is 0 Å². The summed E-state index contributed by atoms with van der Waals surface area (Å²) in [5.74, 6) is 1.27. The molecule has 0 radical (unpaired) electrons. The second kappa shape index (κ2) is 6.09. The van der Waals surface area contributed by atoms with Crippen molar-refractivity contribution >= 4 is 0 Å². The summed E-state index contributed by atoms with van der Waals surface area (Å²) in [7, 11) is 1.85. The molecule has 1 aromatic rings. The third kappa shape index (κ3) is 3.24. The summed E-state index contributed by atoms with van der Waals surface area (Å²) >= 11 is 0. The van der Waals surface area contributed by atoms with Crippen LogP contribution in [0.3, 0.4) is 0 Å². The fraction of sp³-hybridized carbons (Fsp3) is 0.818. The van der Waals surface area contributed by atoms with Crippen LogP contribution in [0.15, 0.2) is 4.52 Å². The van der Waals surface area contributed by atoms with Crippen LogP contribution in [0.4, 0.5) is 0 Å². The molecule has 0 aromatic carbocycles. The van der Waals surface area contributed by atoms with E-state index >= 15 is 0 Å². The molecule has 1 atom stereocenters. The molecule has 1 unspecified atom stereocenters. The van der Waals surface area contributed by atoms with Gasteiger partial charge in [0.05, 0.1) is 13.2 Å². The van der Waals surface area contributed by atoms with Crippen molar-refractivity contribution in [1.82, 2.24) is 20.4 Å². The van der Waals surface area contributed by atoms with E-state index in [1.165, 1.54) is 0 Å². The lowest BCUT2D eigenvalue weighted by Gasteiger charge is -2.30. The molecule has 96 valence electrons. The number of aromatic nitrogens is 2. The van der Waals surface area contributed by atoms with E-state index in [4.69, 9.17) is 9.26 Å². The van der Waals surface area contributed by atoms with E-state index in [0.717, 1.165) is 32.7 Å². The first kappa shape index (κ1) is 12.5. The molecule has 6 heteroatoms. The molecule has 0 amide bonds. The second-order valence-corrected chi connectivity index (χ2v) is 4.24. The molecular formula is C11H20N4O2. The zero-order chi connectivity index (χ0) is 12.1. The van der Waals surface area contributed by atoms with Crippen molar-refractivity contribution in [2.75, 3.05) is 33.3 Å². The Morgan fingerprint density at radius 3 is 3.18 bits per heavy atom. The van der Waals surface area contributed by atoms with Crippen molar-refractivity contribution in [3.05, 3.63) is 11.7 Å². The minimum atomic E-state index is -0.0512. The fourth-order valence-corrected chi connectivity index (χ4v) is 2.00. The Balaban J connectivity index is 1.95. The van der Waals surface area contributed by atoms with Crippen molar-refractivity contribution in [3.63, 3.8) is 0 Å². The Kier molecular flexibility index (Phi) is 4.47. The summed E-state index contributed by atoms with van der Waals surface area (Å²) in [5, 5.41) is 6.96. The fourth-order valence-electron chi connectivity index (χ4n) is 2.00. The quantitative estimate of drug-likeness (QED) is 0.812. The van der Waals surface area contributed by atoms with Crippen LogP contribution < -0.4 is 5.32 Å². The van der Waals surface area contributed by atoms with Crippen LogP contribution in [-0.2, 0) is 11.3 Å². The van der Waals surface area contributed by atoms with Gasteiger partial charge >= 0.3 is 0 Å². The molecule has 1 aliphatic heterocycles. The molecule has 1 fully saturated rings. The van der Waals surface area contributed by atoms with Gasteiger partial charge in [0.15, 0.2) is 0 Å². The van der Waals surface area contributed by atoms with E-state index in [9.17, 15) is 0 Å². The summed E-state index contributed by atoms with van der Waals surface area (Å²) in [6, 6.07) is 0. The highest BCUT2D eigenvalue weighted by molar-refractivity contribution is 4.94. The number of rotatable bonds is 5. The molecule has 6 nitrogen and oxygen atoms in total. The SMILES string of the molecule is CCCN1CCOC(c2noc(CNC)n2)C1. The van der Waals surface area contributed by atoms with Crippen LogP contribution >= 0.6 is 0 Å². The van der Waals surface area contributed by atoms with Crippen LogP contribution in [0.1, 0.15) is 31.2 Å². The maximum absolute atomic E-state index is 5.68. The number of hydrogen-bond donors (Lipinski definition) is 1. The Labute approximate surface area is 101 Å². The predicted molar refractivity (Wildman–Crippen MR) is 62.5 cm³/mol. The lowest BCUT2D eigenvalue weighted by atomic mass is 10.2. The first-order valence-electron chi connectivity index (χ1n) is 6.14. The Morgan fingerprint density at radius 1 is 1.53 bits per heavy atom. The third-order valence-electron chi connectivity index (χ3n) is 2.79. The highest BCUT2D eigenvalue weighted by atomic mass is 16.5. The van der Waals surface area contributed by atoms with E-state index in [0.29, 0.717) is 18.3 Å². The van der Waals surface area contributed by atoms with Crippen LogP contribution in [0.2, 0.25) is 0 Å². The molecule has 2 heterocycles. The summed E-state index contributed by atoms with van der Waals surface area (Å²) in [5.41, 5.74) is 0. The minimum Gasteiger partial charge on any atom is -0.367 e. The van der Waals surface area contributed by atoms with Crippen molar-refractivity contribution in [2.24, 2.45) is 0 Å². The highest BCUT2D eigenvalue weighted by Crippen LogP contribution is 2.19. The smallest absolute Gasteiger partial charge is 0.240 e. The van der Waals surface area contributed by atoms with Crippen molar-refractivity contribution < 1.29 is 9.26 Å². The van der Waals surface area contributed by atoms with Crippen molar-refractivity contribution in [3.8, 4) is 0 Å². The molecule has 0 spiro atoms. The normalized spacial score (nSPS) is 21.9. The van der Waals surface area contributed by atoms with Gasteiger partial charge in [-0.2, -0.15) is 4.98 Å². The zero-order valence-corrected chi connectivity index (χ0v) is 10.5. The molecule has 1 N–H and O–H groups in total. The third-order valence-corrected chi connectivity index (χ3v) is 2.79. The van der Waals surface area contributed by atoms with E-state index in [1.807, 2.05) is 7.05 Å². The van der Waals surface area contributed by atoms with Gasteiger partial charge in [-0.05, 0) is 20.0 Å². The lowest BCUT2D eigenvalue weighted by molar-refractivity contribution is -0.0350. The van der Waals surface area contributed by atoms with Crippen LogP contribution in [-0.4, -0.2) is 48.3 Å². The lowest BCUT2D eigenvalue weighted by Crippen LogP contribution is -2.39. The minimum absolute atomic E-state index is 0.0512. The number of nitrogens with zero attached hydrogens (tertiary/aromatic N) is 3. The summed E-state index contributed by atoms with van der Waals surface area (Å²) < 4.78 is 10.8. The van der Waals surface area contributed by atoms with Gasteiger partial charge in [-0.3, -0.25) is 4.90 Å². The van der Waals surface area contributed by atoms with Gasteiger partial charge in [0.2, 0.25) is 11.7 Å². The molecular weight excluding hydrogens is 220 g/mol. The summed E-state index contributed by atoms with van der Waals surface area (Å²) in [6.45, 7) is 6.46. The average Bonchev–Trinajstić information content (AvgIpc) is 2.79. The number of nitrogens with one attached hydrogen (secondary N) is 1. The topological polar surface area (TPSA) is 63.4 Å².